The van der Waals surface area contributed by atoms with E-state index in [1.54, 1.807) is 91.0 Å². The largest absolute Gasteiger partial charge is 0.496 e. The van der Waals surface area contributed by atoms with Crippen LogP contribution < -0.4 is 65.4 Å². The highest BCUT2D eigenvalue weighted by atomic mass is 19.4. The van der Waals surface area contributed by atoms with Crippen molar-refractivity contribution in [1.82, 2.24) is 0 Å². The van der Waals surface area contributed by atoms with E-state index in [4.69, 9.17) is 23.7 Å². The van der Waals surface area contributed by atoms with Crippen molar-refractivity contribution in [3.63, 3.8) is 0 Å². The maximum atomic E-state index is 14.9. The molecule has 129 heavy (non-hydrogen) atoms. The average Bonchev–Trinajstić information content (AvgIpc) is 0.756. The van der Waals surface area contributed by atoms with E-state index >= 15 is 0 Å². The van der Waals surface area contributed by atoms with Crippen LogP contribution in [0.25, 0.3) is 46.6 Å². The van der Waals surface area contributed by atoms with Crippen LogP contribution in [0.3, 0.4) is 0 Å². The Morgan fingerprint density at radius 3 is 0.891 bits per heavy atom. The molecule has 678 valence electrons. The molecule has 0 aliphatic carbocycles. The van der Waals surface area contributed by atoms with E-state index in [1.807, 2.05) is 84.0 Å². The summed E-state index contributed by atoms with van der Waals surface area (Å²) in [5.74, 6) is -1.68. The van der Waals surface area contributed by atoms with Gasteiger partial charge < -0.3 is 53.4 Å². The number of hydrogen-bond donors (Lipinski definition) is 0. The Labute approximate surface area is 738 Å². The number of aryl methyl sites for hydroxylation is 5. The minimum absolute atomic E-state index is 0. The highest BCUT2D eigenvalue weighted by Gasteiger charge is 2.33. The summed E-state index contributed by atoms with van der Waals surface area (Å²) in [5.41, 5.74) is 9.11. The molecule has 0 spiro atoms. The molecule has 12 aromatic carbocycles. The number of hydrogen-bond acceptors (Lipinski definition) is 5. The Morgan fingerprint density at radius 1 is 0.279 bits per heavy atom. The molecule has 4 heterocycles. The van der Waals surface area contributed by atoms with Gasteiger partial charge in [-0.25, -0.2) is 39.5 Å². The van der Waals surface area contributed by atoms with Gasteiger partial charge in [0.1, 0.15) is 104 Å². The fourth-order valence-corrected chi connectivity index (χ4v) is 15.5. The molecule has 4 aliphatic heterocycles. The molecule has 16 rings (SSSR count). The number of halogens is 18. The first-order chi connectivity index (χ1) is 59.7. The minimum atomic E-state index is -4.46. The first-order valence-electron chi connectivity index (χ1n) is 40.6. The lowest BCUT2D eigenvalue weighted by Crippen LogP contribution is -2.23. The van der Waals surface area contributed by atoms with E-state index in [-0.39, 0.29) is 85.6 Å². The summed E-state index contributed by atoms with van der Waals surface area (Å²) in [6, 6.07) is 52.0. The molecule has 5 nitrogen and oxygen atoms in total. The first kappa shape index (κ1) is 100. The Kier molecular flexibility index (Phi) is 33.0. The summed E-state index contributed by atoms with van der Waals surface area (Å²) in [7, 11) is 1.49. The maximum Gasteiger partial charge on any atom is 0.392 e. The minimum Gasteiger partial charge on any atom is -0.496 e. The van der Waals surface area contributed by atoms with Crippen LogP contribution in [0.15, 0.2) is 200 Å². The van der Waals surface area contributed by atoms with E-state index in [0.29, 0.717) is 165 Å². The summed E-state index contributed by atoms with van der Waals surface area (Å²) in [5, 5.41) is 1.28. The Bertz CT molecular complexity index is 6690. The Morgan fingerprint density at radius 2 is 0.566 bits per heavy atom. The van der Waals surface area contributed by atoms with E-state index in [2.05, 4.69) is 0 Å². The summed E-state index contributed by atoms with van der Waals surface area (Å²) in [6.45, 7) is 11.6. The molecule has 0 fully saturated rings. The number of para-hydroxylation sites is 1. The Hall–Kier alpha value is -12.7. The Balaban J connectivity index is 0.000000192. The molecular formula is C106H94F18O5-4. The summed E-state index contributed by atoms with van der Waals surface area (Å²) < 4.78 is 276. The zero-order valence-corrected chi connectivity index (χ0v) is 72.7. The van der Waals surface area contributed by atoms with Gasteiger partial charge in [0.25, 0.3) is 0 Å². The van der Waals surface area contributed by atoms with Crippen molar-refractivity contribution in [3.8, 4) is 51.7 Å². The van der Waals surface area contributed by atoms with Gasteiger partial charge in [-0.1, -0.05) is 176 Å². The van der Waals surface area contributed by atoms with Crippen molar-refractivity contribution in [2.45, 2.75) is 137 Å². The van der Waals surface area contributed by atoms with Crippen LogP contribution in [0.5, 0.6) is 51.7 Å². The standard InChI is InChI=1S/C26H21F5O2.C26H21F5O.C25H19F5O.C25H21F3O.4CH3/c1-3-6-15-11-23-18(13-20(15)27)25(17-7-4-5-8-22(17)32-2)19-14-21(28)16(12-24(19)33-23)9-10-26(29,30)31;1-3-6-16-11-23-19(13-21(16)27)25(18-8-5-4-7-15(18)2)20-14-22(28)17(12-24(20)32-23)9-10-26(29,30)31;1-2-6-16-11-22-18(13-20(16)26)24(15-7-4-3-5-8-15)19-14-21(27)17(12-23(19)31-22)9-10-25(28,29)30;1-3-7-15-11-23-18(13-21(15)27)25(17-9-5-6-10-20(17)26)19-14-22(28)16(8-4-2)12-24(19)29-23;;;;/h4-5,7-9,11-14H,3,6,10H2,1-2H3;4-5,7-9,11-14H,3,6,10H2,1-2H3;3-5,7-9,11-14H,2,6,10H2,1H3;5-7,9-14H,3-4,8H2,1-2H3;4*1H3/q;;;;4*-1/b16-9-;2*17-9-;15-7-;;;;. The molecule has 0 bridgehead atoms. The normalized spacial score (nSPS) is 13.0. The van der Waals surface area contributed by atoms with Crippen molar-refractivity contribution in [2.24, 2.45) is 0 Å². The van der Waals surface area contributed by atoms with Gasteiger partial charge in [-0.15, -0.1) is 0 Å². The van der Waals surface area contributed by atoms with Crippen LogP contribution in [0, 0.1) is 89.0 Å². The average molecular weight is 1790 g/mol. The van der Waals surface area contributed by atoms with Crippen molar-refractivity contribution >= 4 is 46.6 Å². The SMILES string of the molecule is CC/C=c1/cc2c(cc1F)=C(c1ccccc1F)c1cc(F)c(CCC)cc1O2.CCCc1cc2c(cc1F)C(c1ccccc1)=c1cc(F)/c(=C\CC(F)(F)F)cc1O2.CCCc1cc2c(cc1F)C(c1ccccc1C)=c1cc(F)/c(=C\CC(F)(F)F)cc1O2.CCCc1cc2c(cc1F)C(c1ccccc1OC)=c1cc(F)/c(=C\CC(F)(F)F)cc1O2.[CH3-].[CH3-].[CH3-].[CH3-]. The van der Waals surface area contributed by atoms with Gasteiger partial charge in [0.15, 0.2) is 0 Å². The molecule has 23 heteroatoms. The van der Waals surface area contributed by atoms with E-state index < -0.39 is 72.7 Å². The van der Waals surface area contributed by atoms with Crippen LogP contribution >= 0.6 is 0 Å². The molecule has 12 aromatic rings. The lowest BCUT2D eigenvalue weighted by atomic mass is 9.89. The summed E-state index contributed by atoms with van der Waals surface area (Å²) in [4.78, 5) is 0. The van der Waals surface area contributed by atoms with Crippen LogP contribution in [0.1, 0.15) is 158 Å². The second-order valence-electron chi connectivity index (χ2n) is 30.2. The van der Waals surface area contributed by atoms with Crippen LogP contribution in [-0.4, -0.2) is 25.6 Å². The van der Waals surface area contributed by atoms with E-state index in [1.165, 1.54) is 67.8 Å². The van der Waals surface area contributed by atoms with Crippen molar-refractivity contribution in [1.29, 1.82) is 0 Å². The number of alkyl halides is 9. The molecule has 0 saturated heterocycles. The predicted octanol–water partition coefficient (Wildman–Crippen LogP) is 25.7. The predicted molar refractivity (Wildman–Crippen MR) is 474 cm³/mol. The number of fused-ring (bicyclic) bond motifs is 8. The lowest BCUT2D eigenvalue weighted by molar-refractivity contribution is -0.123. The summed E-state index contributed by atoms with van der Waals surface area (Å²) in [6.07, 6.45) is -7.21. The molecule has 0 aromatic heterocycles. The highest BCUT2D eigenvalue weighted by molar-refractivity contribution is 5.90. The topological polar surface area (TPSA) is 46.2 Å². The fraction of sp³-hybridized carbons (Fsp3) is 0.208. The number of rotatable bonds is 17. The van der Waals surface area contributed by atoms with Crippen LogP contribution in [0.4, 0.5) is 79.0 Å². The smallest absolute Gasteiger partial charge is 0.392 e. The number of benzene rings is 12. The molecule has 0 N–H and O–H groups in total. The van der Waals surface area contributed by atoms with Gasteiger partial charge in [0.05, 0.1) is 26.4 Å². The van der Waals surface area contributed by atoms with Crippen molar-refractivity contribution in [2.75, 3.05) is 7.11 Å². The monoisotopic (exact) mass is 1790 g/mol. The molecule has 0 saturated carbocycles. The van der Waals surface area contributed by atoms with Crippen LogP contribution in [0.2, 0.25) is 0 Å². The van der Waals surface area contributed by atoms with Gasteiger partial charge in [-0.05, 0) is 187 Å². The van der Waals surface area contributed by atoms with Gasteiger partial charge in [0.2, 0.25) is 0 Å². The molecule has 0 amide bonds. The van der Waals surface area contributed by atoms with E-state index in [0.717, 1.165) is 72.7 Å². The third-order valence-electron chi connectivity index (χ3n) is 21.2. The molecule has 0 unspecified atom stereocenters. The van der Waals surface area contributed by atoms with Gasteiger partial charge in [-0.3, -0.25) is 0 Å². The van der Waals surface area contributed by atoms with Crippen LogP contribution in [-0.2, 0) is 25.7 Å². The maximum absolute atomic E-state index is 14.9. The molecule has 4 aliphatic rings. The zero-order valence-electron chi connectivity index (χ0n) is 72.7. The third kappa shape index (κ3) is 22.7. The van der Waals surface area contributed by atoms with Crippen molar-refractivity contribution in [3.05, 3.63) is 396 Å². The van der Waals surface area contributed by atoms with Gasteiger partial charge in [0, 0.05) is 97.4 Å². The first-order valence-corrected chi connectivity index (χ1v) is 40.6. The zero-order chi connectivity index (χ0) is 89.5. The van der Waals surface area contributed by atoms with E-state index in [9.17, 15) is 79.0 Å². The second kappa shape index (κ2) is 42.5. The van der Waals surface area contributed by atoms with Gasteiger partial charge >= 0.3 is 18.5 Å². The number of methoxy groups -OCH3 is 1. The molecule has 0 radical (unpaired) electrons. The quantitative estimate of drug-likeness (QED) is 0.0672. The summed E-state index contributed by atoms with van der Waals surface area (Å²) >= 11 is 0. The lowest BCUT2D eigenvalue weighted by Gasteiger charge is -2.23. The highest BCUT2D eigenvalue weighted by Crippen LogP contribution is 2.45. The molecular weight excluding hydrogens is 1700 g/mol. The molecule has 0 atom stereocenters. The van der Waals surface area contributed by atoms with Crippen molar-refractivity contribution < 1.29 is 103 Å². The number of ether oxygens (including phenoxy) is 5. The fourth-order valence-electron chi connectivity index (χ4n) is 15.5. The second-order valence-corrected chi connectivity index (χ2v) is 30.2. The van der Waals surface area contributed by atoms with Gasteiger partial charge in [-0.2, -0.15) is 39.5 Å². The third-order valence-corrected chi connectivity index (χ3v) is 21.2.